The molecule has 124 valence electrons. The average molecular weight is 360 g/mol. The number of nitrogens with zero attached hydrogens (tertiary/aromatic N) is 2. The molecular weight excluding hydrogens is 344 g/mol. The highest BCUT2D eigenvalue weighted by Gasteiger charge is 2.34. The summed E-state index contributed by atoms with van der Waals surface area (Å²) in [6.45, 7) is 1.29. The Hall–Kier alpha value is -1.99. The van der Waals surface area contributed by atoms with Gasteiger partial charge in [0.25, 0.3) is 10.0 Å². The number of hydrogen-bond donors (Lipinski definition) is 0. The molecule has 2 aromatic rings. The molecule has 7 heteroatoms. The van der Waals surface area contributed by atoms with E-state index in [1.807, 2.05) is 28.5 Å². The normalized spacial score (nSPS) is 19.8. The average Bonchev–Trinajstić information content (AvgIpc) is 3.22. The highest BCUT2D eigenvalue weighted by molar-refractivity contribution is 7.90. The minimum Gasteiger partial charge on any atom is -0.355 e. The van der Waals surface area contributed by atoms with E-state index in [1.54, 1.807) is 18.2 Å². The lowest BCUT2D eigenvalue weighted by atomic mass is 9.91. The molecule has 5 nitrogen and oxygen atoms in total. The Balaban J connectivity index is 1.52. The summed E-state index contributed by atoms with van der Waals surface area (Å²) in [4.78, 5) is 15.5. The van der Waals surface area contributed by atoms with Crippen molar-refractivity contribution in [2.45, 2.75) is 17.7 Å². The molecule has 1 fully saturated rings. The van der Waals surface area contributed by atoms with Gasteiger partial charge < -0.3 is 4.90 Å². The zero-order chi connectivity index (χ0) is 16.7. The minimum absolute atomic E-state index is 0.00811. The maximum absolute atomic E-state index is 12.5. The van der Waals surface area contributed by atoms with Crippen LogP contribution in [0, 0.1) is 5.92 Å². The molecule has 0 atom stereocenters. The fourth-order valence-electron chi connectivity index (χ4n) is 3.29. The molecule has 4 rings (SSSR count). The highest BCUT2D eigenvalue weighted by Crippen LogP contribution is 2.30. The second kappa shape index (κ2) is 5.82. The van der Waals surface area contributed by atoms with Gasteiger partial charge in [-0.1, -0.05) is 18.2 Å². The van der Waals surface area contributed by atoms with E-state index in [-0.39, 0.29) is 16.6 Å². The summed E-state index contributed by atoms with van der Waals surface area (Å²) in [5, 5.41) is 1.91. The van der Waals surface area contributed by atoms with Crippen molar-refractivity contribution in [2.24, 2.45) is 10.3 Å². The number of amidine groups is 1. The van der Waals surface area contributed by atoms with Crippen LogP contribution in [-0.2, 0) is 10.0 Å². The van der Waals surface area contributed by atoms with Crippen molar-refractivity contribution >= 4 is 33.0 Å². The van der Waals surface area contributed by atoms with Gasteiger partial charge in [0.2, 0.25) is 0 Å². The SMILES string of the molecule is O=C(c1cccs1)C1CCN(C2=NS(=O)(=O)c3ccccc32)CC1. The van der Waals surface area contributed by atoms with Crippen molar-refractivity contribution in [3.05, 3.63) is 52.2 Å². The number of fused-ring (bicyclic) bond motifs is 1. The lowest BCUT2D eigenvalue weighted by Crippen LogP contribution is -2.40. The molecule has 0 N–H and O–H groups in total. The monoisotopic (exact) mass is 360 g/mol. The summed E-state index contributed by atoms with van der Waals surface area (Å²) in [6.07, 6.45) is 1.44. The predicted octanol–water partition coefficient (Wildman–Crippen LogP) is 2.79. The Labute approximate surface area is 144 Å². The van der Waals surface area contributed by atoms with Crippen LogP contribution in [0.3, 0.4) is 0 Å². The van der Waals surface area contributed by atoms with Crippen LogP contribution < -0.4 is 0 Å². The number of piperidine rings is 1. The highest BCUT2D eigenvalue weighted by atomic mass is 32.2. The molecule has 0 saturated carbocycles. The third-order valence-corrected chi connectivity index (χ3v) is 6.75. The van der Waals surface area contributed by atoms with E-state index in [2.05, 4.69) is 4.40 Å². The molecule has 2 aliphatic rings. The maximum Gasteiger partial charge on any atom is 0.285 e. The van der Waals surface area contributed by atoms with E-state index in [4.69, 9.17) is 0 Å². The van der Waals surface area contributed by atoms with Gasteiger partial charge in [-0.25, -0.2) is 0 Å². The Kier molecular flexibility index (Phi) is 3.77. The van der Waals surface area contributed by atoms with Gasteiger partial charge in [0.15, 0.2) is 11.6 Å². The van der Waals surface area contributed by atoms with Gasteiger partial charge in [0, 0.05) is 24.6 Å². The van der Waals surface area contributed by atoms with Crippen molar-refractivity contribution in [2.75, 3.05) is 13.1 Å². The molecule has 0 aliphatic carbocycles. The number of ketones is 1. The number of likely N-dealkylation sites (tertiary alicyclic amines) is 1. The van der Waals surface area contributed by atoms with Gasteiger partial charge in [-0.3, -0.25) is 4.79 Å². The van der Waals surface area contributed by atoms with Crippen molar-refractivity contribution in [3.8, 4) is 0 Å². The number of sulfonamides is 1. The number of Topliss-reactive ketones (excluding diaryl/α,β-unsaturated/α-hetero) is 1. The first-order chi connectivity index (χ1) is 11.6. The van der Waals surface area contributed by atoms with Gasteiger partial charge in [-0.15, -0.1) is 15.7 Å². The number of thiophene rings is 1. The molecule has 1 aromatic carbocycles. The van der Waals surface area contributed by atoms with E-state index in [9.17, 15) is 13.2 Å². The van der Waals surface area contributed by atoms with E-state index in [0.717, 1.165) is 17.7 Å². The molecule has 2 aliphatic heterocycles. The van der Waals surface area contributed by atoms with Gasteiger partial charge >= 0.3 is 0 Å². The third-order valence-electron chi connectivity index (χ3n) is 4.54. The Morgan fingerprint density at radius 1 is 1.12 bits per heavy atom. The van der Waals surface area contributed by atoms with E-state index >= 15 is 0 Å². The van der Waals surface area contributed by atoms with Crippen molar-refractivity contribution in [1.82, 2.24) is 4.90 Å². The number of hydrogen-bond acceptors (Lipinski definition) is 5. The molecule has 1 saturated heterocycles. The first-order valence-corrected chi connectivity index (χ1v) is 10.2. The van der Waals surface area contributed by atoms with Crippen LogP contribution in [0.4, 0.5) is 0 Å². The Bertz CT molecular complexity index is 909. The molecule has 0 unspecified atom stereocenters. The van der Waals surface area contributed by atoms with E-state index in [0.29, 0.717) is 24.5 Å². The summed E-state index contributed by atoms with van der Waals surface area (Å²) >= 11 is 1.48. The number of carbonyl (C=O) groups is 1. The first-order valence-electron chi connectivity index (χ1n) is 7.83. The quantitative estimate of drug-likeness (QED) is 0.773. The zero-order valence-corrected chi connectivity index (χ0v) is 14.5. The summed E-state index contributed by atoms with van der Waals surface area (Å²) in [5.41, 5.74) is 0.667. The van der Waals surface area contributed by atoms with Crippen molar-refractivity contribution in [1.29, 1.82) is 0 Å². The third kappa shape index (κ3) is 2.57. The van der Waals surface area contributed by atoms with Crippen molar-refractivity contribution in [3.63, 3.8) is 0 Å². The lowest BCUT2D eigenvalue weighted by Gasteiger charge is -2.32. The smallest absolute Gasteiger partial charge is 0.285 e. The van der Waals surface area contributed by atoms with Crippen LogP contribution in [0.5, 0.6) is 0 Å². The molecule has 1 aromatic heterocycles. The minimum atomic E-state index is -3.59. The topological polar surface area (TPSA) is 66.8 Å². The number of carbonyl (C=O) groups excluding carboxylic acids is 1. The largest absolute Gasteiger partial charge is 0.355 e. The molecule has 0 radical (unpaired) electrons. The van der Waals surface area contributed by atoms with Crippen LogP contribution in [0.25, 0.3) is 0 Å². The van der Waals surface area contributed by atoms with Crippen LogP contribution in [-0.4, -0.2) is 38.0 Å². The number of rotatable bonds is 2. The first kappa shape index (κ1) is 15.5. The predicted molar refractivity (Wildman–Crippen MR) is 93.1 cm³/mol. The van der Waals surface area contributed by atoms with Gasteiger partial charge in [0.05, 0.1) is 4.88 Å². The molecule has 24 heavy (non-hydrogen) atoms. The summed E-state index contributed by atoms with van der Waals surface area (Å²) < 4.78 is 28.3. The Morgan fingerprint density at radius 3 is 2.58 bits per heavy atom. The molecule has 0 amide bonds. The summed E-state index contributed by atoms with van der Waals surface area (Å²) in [5.74, 6) is 0.729. The standard InChI is InChI=1S/C17H16N2O3S2/c20-16(14-5-3-11-23-14)12-7-9-19(10-8-12)17-13-4-1-2-6-15(13)24(21,22)18-17/h1-6,11-12H,7-10H2. The van der Waals surface area contributed by atoms with Crippen LogP contribution in [0.2, 0.25) is 0 Å². The molecule has 0 spiro atoms. The maximum atomic E-state index is 12.5. The van der Waals surface area contributed by atoms with E-state index < -0.39 is 10.0 Å². The molecule has 0 bridgehead atoms. The van der Waals surface area contributed by atoms with Crippen LogP contribution >= 0.6 is 11.3 Å². The summed E-state index contributed by atoms with van der Waals surface area (Å²) in [7, 11) is -3.59. The van der Waals surface area contributed by atoms with Crippen LogP contribution in [0.15, 0.2) is 51.1 Å². The zero-order valence-electron chi connectivity index (χ0n) is 12.9. The fourth-order valence-corrected chi connectivity index (χ4v) is 5.26. The second-order valence-electron chi connectivity index (χ2n) is 5.99. The van der Waals surface area contributed by atoms with Crippen LogP contribution in [0.1, 0.15) is 28.1 Å². The Morgan fingerprint density at radius 2 is 1.88 bits per heavy atom. The molecular formula is C17H16N2O3S2. The van der Waals surface area contributed by atoms with Crippen molar-refractivity contribution < 1.29 is 13.2 Å². The van der Waals surface area contributed by atoms with Gasteiger partial charge in [-0.05, 0) is 36.4 Å². The lowest BCUT2D eigenvalue weighted by molar-refractivity contribution is 0.0877. The van der Waals surface area contributed by atoms with Gasteiger partial charge in [-0.2, -0.15) is 8.42 Å². The molecule has 3 heterocycles. The second-order valence-corrected chi connectivity index (χ2v) is 8.51. The number of benzene rings is 1. The van der Waals surface area contributed by atoms with E-state index in [1.165, 1.54) is 11.3 Å². The van der Waals surface area contributed by atoms with Gasteiger partial charge in [0.1, 0.15) is 4.90 Å². The summed E-state index contributed by atoms with van der Waals surface area (Å²) in [6, 6.07) is 10.7. The fraction of sp³-hybridized carbons (Fsp3) is 0.294.